The molecule has 0 unspecified atom stereocenters. The number of aromatic nitrogens is 1. The molecule has 0 bridgehead atoms. The van der Waals surface area contributed by atoms with Crippen molar-refractivity contribution in [2.75, 3.05) is 9.80 Å². The zero-order valence-corrected chi connectivity index (χ0v) is 40.9. The van der Waals surface area contributed by atoms with Gasteiger partial charge in [-0.25, -0.2) is 0 Å². The third-order valence-corrected chi connectivity index (χ3v) is 15.2. The number of benzene rings is 11. The van der Waals surface area contributed by atoms with Crippen LogP contribution in [0.5, 0.6) is 0 Å². The fraction of sp³-hybridized carbons (Fsp3) is 0. The lowest BCUT2D eigenvalue weighted by molar-refractivity contribution is 1.16. The molecule has 2 aliphatic heterocycles. The van der Waals surface area contributed by atoms with Gasteiger partial charge in [-0.3, -0.25) is 0 Å². The van der Waals surface area contributed by atoms with Crippen LogP contribution in [0.4, 0.5) is 34.1 Å². The number of fused-ring (bicyclic) bond motifs is 7. The Bertz CT molecular complexity index is 4120. The van der Waals surface area contributed by atoms with Crippen molar-refractivity contribution in [3.05, 3.63) is 265 Å². The molecule has 7 heteroatoms. The van der Waals surface area contributed by atoms with Crippen LogP contribution in [-0.4, -0.2) is 11.3 Å². The predicted molar refractivity (Wildman–Crippen MR) is 311 cm³/mol. The molecule has 350 valence electrons. The molecular weight excluding hydrogens is 924 g/mol. The average Bonchev–Trinajstić information content (AvgIpc) is 3.98. The molecule has 2 aliphatic rings. The van der Waals surface area contributed by atoms with Gasteiger partial charge in [-0.05, 0) is 111 Å². The molecule has 3 heterocycles. The Labute approximate surface area is 440 Å². The van der Waals surface area contributed by atoms with Crippen molar-refractivity contribution in [1.82, 2.24) is 4.57 Å². The van der Waals surface area contributed by atoms with Crippen LogP contribution < -0.4 is 26.2 Å². The van der Waals surface area contributed by atoms with Crippen LogP contribution in [0.3, 0.4) is 0 Å². The minimum absolute atomic E-state index is 0.414. The lowest BCUT2D eigenvalue weighted by Crippen LogP contribution is -2.61. The molecule has 0 radical (unpaired) electrons. The zero-order chi connectivity index (χ0) is 50.9. The first-order valence-electron chi connectivity index (χ1n) is 25.4. The maximum Gasteiger partial charge on any atom is 0.252 e. The van der Waals surface area contributed by atoms with Crippen molar-refractivity contribution >= 4 is 79.0 Å². The molecule has 0 amide bonds. The van der Waals surface area contributed by atoms with E-state index in [1.54, 1.807) is 0 Å². The van der Waals surface area contributed by atoms with Crippen molar-refractivity contribution in [3.63, 3.8) is 0 Å². The molecule has 1 aromatic heterocycles. The highest BCUT2D eigenvalue weighted by atomic mass is 15.2. The summed E-state index contributed by atoms with van der Waals surface area (Å²) < 4.78 is 2.35. The van der Waals surface area contributed by atoms with Crippen LogP contribution in [0.1, 0.15) is 16.7 Å². The van der Waals surface area contributed by atoms with Crippen molar-refractivity contribution in [1.29, 1.82) is 15.8 Å². The topological polar surface area (TPSA) is 82.8 Å². The number of para-hydroxylation sites is 3. The third-order valence-electron chi connectivity index (χ3n) is 15.2. The summed E-state index contributed by atoms with van der Waals surface area (Å²) in [6.45, 7) is -0.414. The summed E-state index contributed by atoms with van der Waals surface area (Å²) in [5.74, 6) is 0. The summed E-state index contributed by atoms with van der Waals surface area (Å²) in [6.07, 6.45) is 0. The zero-order valence-electron chi connectivity index (χ0n) is 40.9. The number of hydrogen-bond acceptors (Lipinski definition) is 5. The molecular formula is C69H41BN6. The van der Waals surface area contributed by atoms with Gasteiger partial charge in [0.15, 0.2) is 0 Å². The molecule has 12 aromatic rings. The number of nitriles is 3. The quantitative estimate of drug-likeness (QED) is 0.149. The second-order valence-electron chi connectivity index (χ2n) is 19.3. The first-order chi connectivity index (χ1) is 37.6. The van der Waals surface area contributed by atoms with Crippen LogP contribution in [0.15, 0.2) is 249 Å². The van der Waals surface area contributed by atoms with Gasteiger partial charge in [0, 0.05) is 55.8 Å². The monoisotopic (exact) mass is 964 g/mol. The van der Waals surface area contributed by atoms with Gasteiger partial charge in [-0.15, -0.1) is 0 Å². The van der Waals surface area contributed by atoms with E-state index in [4.69, 9.17) is 0 Å². The molecule has 14 rings (SSSR count). The second-order valence-corrected chi connectivity index (χ2v) is 19.3. The Morgan fingerprint density at radius 3 is 1.13 bits per heavy atom. The standard InChI is InChI=1S/C69H41BN6/c71-42-45-31-34-62-58(37-45)57-25-13-14-30-61(57)74(62)52-40-65-67-66(41-52)76(69-55(50-21-9-3-10-22-50)28-16-29-56(69)51-23-11-4-12-24-51)64-36-33-47(44-73)39-60(64)70(67)59-38-46(43-72)32-35-63(59)75(65)68-53(48-17-5-1-6-18-48)26-15-27-54(68)49-19-7-2-8-20-49/h1-41H. The summed E-state index contributed by atoms with van der Waals surface area (Å²) in [6, 6.07) is 94.2. The van der Waals surface area contributed by atoms with E-state index in [2.05, 4.69) is 257 Å². The van der Waals surface area contributed by atoms with E-state index >= 15 is 0 Å². The minimum Gasteiger partial charge on any atom is -0.310 e. The van der Waals surface area contributed by atoms with E-state index in [1.807, 2.05) is 24.3 Å². The SMILES string of the molecule is N#Cc1ccc2c(c1)B1c3cc(C#N)ccc3N(c3c(-c4ccccc4)cccc3-c3ccccc3)c3cc(-n4c5ccccc5c5cc(C#N)ccc54)cc(c31)N2c1c(-c2ccccc2)cccc1-c1ccccc1. The van der Waals surface area contributed by atoms with Gasteiger partial charge in [0.25, 0.3) is 6.71 Å². The molecule has 0 fully saturated rings. The molecule has 76 heavy (non-hydrogen) atoms. The Balaban J connectivity index is 1.20. The van der Waals surface area contributed by atoms with Gasteiger partial charge in [0.2, 0.25) is 0 Å². The Morgan fingerprint density at radius 1 is 0.316 bits per heavy atom. The number of rotatable bonds is 7. The fourth-order valence-corrected chi connectivity index (χ4v) is 12.0. The maximum absolute atomic E-state index is 10.8. The van der Waals surface area contributed by atoms with Crippen molar-refractivity contribution in [2.24, 2.45) is 0 Å². The van der Waals surface area contributed by atoms with Crippen LogP contribution in [0, 0.1) is 34.0 Å². The molecule has 6 nitrogen and oxygen atoms in total. The summed E-state index contributed by atoms with van der Waals surface area (Å²) in [7, 11) is 0. The highest BCUT2D eigenvalue weighted by Gasteiger charge is 2.45. The summed E-state index contributed by atoms with van der Waals surface area (Å²) in [5, 5.41) is 33.8. The Morgan fingerprint density at radius 2 is 0.697 bits per heavy atom. The molecule has 0 saturated heterocycles. The van der Waals surface area contributed by atoms with Crippen LogP contribution in [0.25, 0.3) is 72.0 Å². The number of nitrogens with zero attached hydrogens (tertiary/aromatic N) is 6. The van der Waals surface area contributed by atoms with Gasteiger partial charge in [-0.2, -0.15) is 15.8 Å². The van der Waals surface area contributed by atoms with E-state index in [-0.39, 0.29) is 0 Å². The molecule has 0 aliphatic carbocycles. The van der Waals surface area contributed by atoms with Crippen LogP contribution >= 0.6 is 0 Å². The van der Waals surface area contributed by atoms with E-state index in [9.17, 15) is 15.8 Å². The van der Waals surface area contributed by atoms with E-state index < -0.39 is 6.71 Å². The lowest BCUT2D eigenvalue weighted by Gasteiger charge is -2.46. The highest BCUT2D eigenvalue weighted by molar-refractivity contribution is 7.00. The summed E-state index contributed by atoms with van der Waals surface area (Å²) in [4.78, 5) is 4.89. The van der Waals surface area contributed by atoms with Gasteiger partial charge >= 0.3 is 0 Å². The molecule has 0 N–H and O–H groups in total. The van der Waals surface area contributed by atoms with E-state index in [0.29, 0.717) is 16.7 Å². The van der Waals surface area contributed by atoms with Gasteiger partial charge < -0.3 is 14.4 Å². The average molecular weight is 965 g/mol. The van der Waals surface area contributed by atoms with Crippen molar-refractivity contribution in [3.8, 4) is 68.4 Å². The molecule has 0 spiro atoms. The molecule has 0 atom stereocenters. The maximum atomic E-state index is 10.8. The predicted octanol–water partition coefficient (Wildman–Crippen LogP) is 15.1. The summed E-state index contributed by atoms with van der Waals surface area (Å²) in [5.41, 5.74) is 21.6. The van der Waals surface area contributed by atoms with Crippen molar-refractivity contribution in [2.45, 2.75) is 0 Å². The van der Waals surface area contributed by atoms with Crippen molar-refractivity contribution < 1.29 is 0 Å². The third kappa shape index (κ3) is 6.87. The Hall–Kier alpha value is -10.6. The normalized spacial score (nSPS) is 12.1. The lowest BCUT2D eigenvalue weighted by atomic mass is 9.33. The fourth-order valence-electron chi connectivity index (χ4n) is 12.0. The molecule has 0 saturated carbocycles. The van der Waals surface area contributed by atoms with E-state index in [1.165, 1.54) is 0 Å². The first-order valence-corrected chi connectivity index (χ1v) is 25.4. The number of anilines is 6. The minimum atomic E-state index is -0.414. The van der Waals surface area contributed by atoms with Gasteiger partial charge in [-0.1, -0.05) is 176 Å². The summed E-state index contributed by atoms with van der Waals surface area (Å²) >= 11 is 0. The van der Waals surface area contributed by atoms with Gasteiger partial charge in [0.05, 0.1) is 63.0 Å². The second kappa shape index (κ2) is 17.8. The Kier molecular flexibility index (Phi) is 10.3. The van der Waals surface area contributed by atoms with Gasteiger partial charge in [0.1, 0.15) is 0 Å². The smallest absolute Gasteiger partial charge is 0.252 e. The van der Waals surface area contributed by atoms with E-state index in [0.717, 1.165) is 123 Å². The number of hydrogen-bond donors (Lipinski definition) is 0. The largest absolute Gasteiger partial charge is 0.310 e. The molecule has 11 aromatic carbocycles. The van der Waals surface area contributed by atoms with Crippen LogP contribution in [0.2, 0.25) is 0 Å². The van der Waals surface area contributed by atoms with Crippen LogP contribution in [-0.2, 0) is 0 Å². The first kappa shape index (κ1) is 44.1. The highest BCUT2D eigenvalue weighted by Crippen LogP contribution is 2.53.